The number of aryl methyl sites for hydroxylation is 2. The van der Waals surface area contributed by atoms with Crippen molar-refractivity contribution in [1.29, 1.82) is 0 Å². The smallest absolute Gasteiger partial charge is 0.315 e. The predicted molar refractivity (Wildman–Crippen MR) is 101 cm³/mol. The molecular formula is C21H31N3O. The number of nitrogens with zero attached hydrogens (tertiary/aromatic N) is 1. The van der Waals surface area contributed by atoms with Crippen molar-refractivity contribution in [3.63, 3.8) is 0 Å². The topological polar surface area (TPSA) is 44.4 Å². The summed E-state index contributed by atoms with van der Waals surface area (Å²) in [5.41, 5.74) is 4.20. The molecule has 1 aromatic rings. The summed E-state index contributed by atoms with van der Waals surface area (Å²) in [6.45, 7) is 4.43. The molecule has 1 aliphatic carbocycles. The van der Waals surface area contributed by atoms with Crippen molar-refractivity contribution in [3.8, 4) is 0 Å². The number of hydrogen-bond acceptors (Lipinski definition) is 2. The van der Waals surface area contributed by atoms with Crippen molar-refractivity contribution in [2.24, 2.45) is 0 Å². The number of piperidine rings is 1. The molecule has 0 bridgehead atoms. The maximum Gasteiger partial charge on any atom is 0.315 e. The third-order valence-corrected chi connectivity index (χ3v) is 6.39. The molecule has 25 heavy (non-hydrogen) atoms. The van der Waals surface area contributed by atoms with Gasteiger partial charge < -0.3 is 10.6 Å². The second kappa shape index (κ2) is 7.36. The van der Waals surface area contributed by atoms with Gasteiger partial charge in [-0.1, -0.05) is 24.6 Å². The van der Waals surface area contributed by atoms with Crippen LogP contribution in [0.4, 0.5) is 4.79 Å². The Kier molecular flexibility index (Phi) is 4.98. The second-order valence-electron chi connectivity index (χ2n) is 8.07. The highest BCUT2D eigenvalue weighted by molar-refractivity contribution is 5.75. The lowest BCUT2D eigenvalue weighted by atomic mass is 9.89. The molecule has 2 fully saturated rings. The summed E-state index contributed by atoms with van der Waals surface area (Å²) in [6.07, 6.45) is 9.91. The number of amides is 2. The molecule has 136 valence electrons. The highest BCUT2D eigenvalue weighted by Gasteiger charge is 2.36. The molecule has 0 radical (unpaired) electrons. The normalized spacial score (nSPS) is 27.2. The molecule has 4 nitrogen and oxygen atoms in total. The van der Waals surface area contributed by atoms with Crippen LogP contribution in [0.5, 0.6) is 0 Å². The van der Waals surface area contributed by atoms with Crippen LogP contribution in [0.25, 0.3) is 0 Å². The average Bonchev–Trinajstić information content (AvgIpc) is 3.04. The monoisotopic (exact) mass is 341 g/mol. The minimum atomic E-state index is -0.0114. The van der Waals surface area contributed by atoms with E-state index in [0.717, 1.165) is 13.0 Å². The van der Waals surface area contributed by atoms with Crippen LogP contribution >= 0.6 is 0 Å². The fourth-order valence-corrected chi connectivity index (χ4v) is 4.93. The molecule has 0 saturated carbocycles. The lowest BCUT2D eigenvalue weighted by molar-refractivity contribution is 0.178. The van der Waals surface area contributed by atoms with Crippen LogP contribution in [0.2, 0.25) is 0 Å². The van der Waals surface area contributed by atoms with Gasteiger partial charge in [0.15, 0.2) is 0 Å². The molecule has 3 aliphatic rings. The van der Waals surface area contributed by atoms with E-state index in [1.807, 2.05) is 0 Å². The molecule has 2 heterocycles. The Morgan fingerprint density at radius 1 is 1.08 bits per heavy atom. The minimum Gasteiger partial charge on any atom is -0.334 e. The predicted octanol–water partition coefficient (Wildman–Crippen LogP) is 3.55. The van der Waals surface area contributed by atoms with Crippen molar-refractivity contribution < 1.29 is 4.79 Å². The van der Waals surface area contributed by atoms with Crippen LogP contribution in [0, 0.1) is 0 Å². The van der Waals surface area contributed by atoms with Gasteiger partial charge in [0.05, 0.1) is 6.04 Å². The number of carbonyl (C=O) groups excluding carboxylic acids is 1. The van der Waals surface area contributed by atoms with E-state index in [2.05, 4.69) is 40.7 Å². The Balaban J connectivity index is 1.34. The zero-order valence-electron chi connectivity index (χ0n) is 15.4. The maximum atomic E-state index is 12.5. The Morgan fingerprint density at radius 2 is 1.92 bits per heavy atom. The highest BCUT2D eigenvalue weighted by Crippen LogP contribution is 2.27. The van der Waals surface area contributed by atoms with Gasteiger partial charge in [0.2, 0.25) is 0 Å². The number of rotatable bonds is 3. The lowest BCUT2D eigenvalue weighted by Crippen LogP contribution is -2.50. The fourth-order valence-electron chi connectivity index (χ4n) is 4.93. The van der Waals surface area contributed by atoms with Crippen molar-refractivity contribution in [2.75, 3.05) is 13.1 Å². The first-order chi connectivity index (χ1) is 12.2. The molecular weight excluding hydrogens is 310 g/mol. The number of fused-ring (bicyclic) bond motifs is 2. The summed E-state index contributed by atoms with van der Waals surface area (Å²) in [5.74, 6) is 0. The molecule has 4 rings (SSSR count). The zero-order chi connectivity index (χ0) is 17.2. The SMILES string of the molecule is CC(NC(=O)NC1CCN2CCCCC12)c1ccc2c(c1)CCCC2. The van der Waals surface area contributed by atoms with Gasteiger partial charge in [0, 0.05) is 18.6 Å². The number of urea groups is 1. The van der Waals surface area contributed by atoms with E-state index in [-0.39, 0.29) is 12.1 Å². The summed E-state index contributed by atoms with van der Waals surface area (Å²) in [4.78, 5) is 15.1. The standard InChI is InChI=1S/C21H31N3O/c1-15(17-10-9-16-6-2-3-7-18(16)14-17)22-21(25)23-19-11-13-24-12-5-4-8-20(19)24/h9-10,14-15,19-20H,2-8,11-13H2,1H3,(H2,22,23,25). The van der Waals surface area contributed by atoms with Gasteiger partial charge in [-0.3, -0.25) is 4.90 Å². The zero-order valence-corrected chi connectivity index (χ0v) is 15.4. The summed E-state index contributed by atoms with van der Waals surface area (Å²) in [5, 5.41) is 6.41. The maximum absolute atomic E-state index is 12.5. The van der Waals surface area contributed by atoms with Gasteiger partial charge >= 0.3 is 6.03 Å². The van der Waals surface area contributed by atoms with Crippen molar-refractivity contribution in [1.82, 2.24) is 15.5 Å². The molecule has 2 aliphatic heterocycles. The largest absolute Gasteiger partial charge is 0.334 e. The van der Waals surface area contributed by atoms with E-state index in [1.165, 1.54) is 68.2 Å². The van der Waals surface area contributed by atoms with E-state index < -0.39 is 0 Å². The van der Waals surface area contributed by atoms with E-state index in [4.69, 9.17) is 0 Å². The first kappa shape index (κ1) is 16.9. The van der Waals surface area contributed by atoms with E-state index in [1.54, 1.807) is 0 Å². The van der Waals surface area contributed by atoms with Crippen LogP contribution in [0.15, 0.2) is 18.2 Å². The summed E-state index contributed by atoms with van der Waals surface area (Å²) < 4.78 is 0. The first-order valence-corrected chi connectivity index (χ1v) is 10.1. The summed E-state index contributed by atoms with van der Waals surface area (Å²) in [6, 6.07) is 7.66. The molecule has 0 aromatic heterocycles. The number of benzene rings is 1. The lowest BCUT2D eigenvalue weighted by Gasteiger charge is -2.32. The van der Waals surface area contributed by atoms with Crippen LogP contribution in [-0.2, 0) is 12.8 Å². The first-order valence-electron chi connectivity index (χ1n) is 10.1. The average molecular weight is 341 g/mol. The van der Waals surface area contributed by atoms with Crippen molar-refractivity contribution in [2.45, 2.75) is 76.4 Å². The van der Waals surface area contributed by atoms with Crippen LogP contribution in [0.3, 0.4) is 0 Å². The van der Waals surface area contributed by atoms with Crippen LogP contribution in [0.1, 0.15) is 68.2 Å². The Morgan fingerprint density at radius 3 is 2.80 bits per heavy atom. The third-order valence-electron chi connectivity index (χ3n) is 6.39. The summed E-state index contributed by atoms with van der Waals surface area (Å²) in [7, 11) is 0. The van der Waals surface area contributed by atoms with Gasteiger partial charge in [-0.15, -0.1) is 0 Å². The molecule has 1 aromatic carbocycles. The Hall–Kier alpha value is -1.55. The quantitative estimate of drug-likeness (QED) is 0.883. The molecule has 4 heteroatoms. The Bertz CT molecular complexity index is 630. The Labute approximate surface area is 151 Å². The number of carbonyl (C=O) groups is 1. The van der Waals surface area contributed by atoms with Gasteiger partial charge in [0.1, 0.15) is 0 Å². The number of hydrogen-bond donors (Lipinski definition) is 2. The molecule has 2 amide bonds. The van der Waals surface area contributed by atoms with Gasteiger partial charge in [0.25, 0.3) is 0 Å². The highest BCUT2D eigenvalue weighted by atomic mass is 16.2. The van der Waals surface area contributed by atoms with Crippen molar-refractivity contribution >= 4 is 6.03 Å². The van der Waals surface area contributed by atoms with Crippen LogP contribution in [-0.4, -0.2) is 36.1 Å². The van der Waals surface area contributed by atoms with E-state index >= 15 is 0 Å². The fraction of sp³-hybridized carbons (Fsp3) is 0.667. The summed E-state index contributed by atoms with van der Waals surface area (Å²) >= 11 is 0. The van der Waals surface area contributed by atoms with Gasteiger partial charge in [-0.05, 0) is 75.1 Å². The van der Waals surface area contributed by atoms with Gasteiger partial charge in [-0.25, -0.2) is 4.79 Å². The molecule has 0 spiro atoms. The molecule has 2 saturated heterocycles. The number of nitrogens with one attached hydrogen (secondary N) is 2. The minimum absolute atomic E-state index is 0.0114. The van der Waals surface area contributed by atoms with E-state index in [9.17, 15) is 4.79 Å². The van der Waals surface area contributed by atoms with Gasteiger partial charge in [-0.2, -0.15) is 0 Å². The second-order valence-corrected chi connectivity index (χ2v) is 8.07. The molecule has 2 N–H and O–H groups in total. The molecule has 3 unspecified atom stereocenters. The molecule has 3 atom stereocenters. The van der Waals surface area contributed by atoms with Crippen molar-refractivity contribution in [3.05, 3.63) is 34.9 Å². The third kappa shape index (κ3) is 3.69. The van der Waals surface area contributed by atoms with Crippen LogP contribution < -0.4 is 10.6 Å². The van der Waals surface area contributed by atoms with E-state index in [0.29, 0.717) is 12.1 Å².